The van der Waals surface area contributed by atoms with Gasteiger partial charge >= 0.3 is 0 Å². The molecule has 1 aromatic rings. The summed E-state index contributed by atoms with van der Waals surface area (Å²) in [5.74, 6) is -0.225. The van der Waals surface area contributed by atoms with Gasteiger partial charge in [0.15, 0.2) is 0 Å². The number of benzene rings is 1. The molecule has 2 N–H and O–H groups in total. The standard InChI is InChI=1S/C12H14ClNO3/c13-10-4-3-9(6-11(10)15)14-12(16)8-2-1-5-17-7-8/h3-4,6,8,15H,1-2,5,7H2,(H,14,16). The van der Waals surface area contributed by atoms with Crippen molar-refractivity contribution in [2.45, 2.75) is 12.8 Å². The molecule has 5 heteroatoms. The highest BCUT2D eigenvalue weighted by Crippen LogP contribution is 2.26. The number of phenols is 1. The Morgan fingerprint density at radius 2 is 2.35 bits per heavy atom. The van der Waals surface area contributed by atoms with Crippen LogP contribution in [0.3, 0.4) is 0 Å². The average molecular weight is 256 g/mol. The number of aromatic hydroxyl groups is 1. The number of nitrogens with one attached hydrogen (secondary N) is 1. The van der Waals surface area contributed by atoms with Crippen molar-refractivity contribution in [2.24, 2.45) is 5.92 Å². The number of hydrogen-bond acceptors (Lipinski definition) is 3. The molecule has 4 nitrogen and oxygen atoms in total. The molecule has 1 fully saturated rings. The minimum Gasteiger partial charge on any atom is -0.506 e. The van der Waals surface area contributed by atoms with Crippen molar-refractivity contribution in [1.82, 2.24) is 0 Å². The Bertz CT molecular complexity index is 416. The van der Waals surface area contributed by atoms with Crippen LogP contribution in [0.15, 0.2) is 18.2 Å². The van der Waals surface area contributed by atoms with Crippen LogP contribution in [0, 0.1) is 5.92 Å². The first-order valence-electron chi connectivity index (χ1n) is 5.54. The van der Waals surface area contributed by atoms with E-state index >= 15 is 0 Å². The number of phenolic OH excluding ortho intramolecular Hbond substituents is 1. The number of amides is 1. The van der Waals surface area contributed by atoms with Crippen molar-refractivity contribution >= 4 is 23.2 Å². The number of ether oxygens (including phenoxy) is 1. The lowest BCUT2D eigenvalue weighted by Gasteiger charge is -2.21. The van der Waals surface area contributed by atoms with Crippen molar-refractivity contribution in [1.29, 1.82) is 0 Å². The van der Waals surface area contributed by atoms with Crippen LogP contribution in [0.25, 0.3) is 0 Å². The van der Waals surface area contributed by atoms with E-state index in [9.17, 15) is 9.90 Å². The molecule has 17 heavy (non-hydrogen) atoms. The van der Waals surface area contributed by atoms with Gasteiger partial charge in [-0.25, -0.2) is 0 Å². The van der Waals surface area contributed by atoms with Crippen molar-refractivity contribution in [3.63, 3.8) is 0 Å². The van der Waals surface area contributed by atoms with Crippen molar-refractivity contribution in [3.8, 4) is 5.75 Å². The molecule has 92 valence electrons. The van der Waals surface area contributed by atoms with Crippen molar-refractivity contribution < 1.29 is 14.6 Å². The molecule has 0 aromatic heterocycles. The van der Waals surface area contributed by atoms with Gasteiger partial charge in [0, 0.05) is 18.4 Å². The molecule has 1 atom stereocenters. The zero-order valence-electron chi connectivity index (χ0n) is 9.28. The number of carbonyl (C=O) groups is 1. The van der Waals surface area contributed by atoms with E-state index in [1.807, 2.05) is 0 Å². The first-order valence-corrected chi connectivity index (χ1v) is 5.92. The lowest BCUT2D eigenvalue weighted by atomic mass is 10.0. The van der Waals surface area contributed by atoms with E-state index in [4.69, 9.17) is 16.3 Å². The quantitative estimate of drug-likeness (QED) is 0.853. The van der Waals surface area contributed by atoms with E-state index in [1.165, 1.54) is 6.07 Å². The maximum Gasteiger partial charge on any atom is 0.229 e. The minimum absolute atomic E-state index is 0.0376. The third-order valence-electron chi connectivity index (χ3n) is 2.74. The summed E-state index contributed by atoms with van der Waals surface area (Å²) >= 11 is 5.68. The molecule has 0 saturated carbocycles. The van der Waals surface area contributed by atoms with Gasteiger partial charge in [-0.15, -0.1) is 0 Å². The van der Waals surface area contributed by atoms with Gasteiger partial charge in [0.05, 0.1) is 17.5 Å². The van der Waals surface area contributed by atoms with E-state index < -0.39 is 0 Å². The second-order valence-electron chi connectivity index (χ2n) is 4.07. The number of carbonyl (C=O) groups excluding carboxylic acids is 1. The van der Waals surface area contributed by atoms with Crippen LogP contribution in [-0.2, 0) is 9.53 Å². The number of halogens is 1. The summed E-state index contributed by atoms with van der Waals surface area (Å²) in [5, 5.41) is 12.4. The zero-order valence-corrected chi connectivity index (χ0v) is 10.0. The van der Waals surface area contributed by atoms with E-state index in [2.05, 4.69) is 5.32 Å². The molecule has 0 spiro atoms. The molecule has 1 heterocycles. The molecule has 1 aliphatic rings. The predicted octanol–water partition coefficient (Wildman–Crippen LogP) is 2.41. The summed E-state index contributed by atoms with van der Waals surface area (Å²) < 4.78 is 5.25. The number of anilines is 1. The molecule has 0 radical (unpaired) electrons. The Balaban J connectivity index is 1.99. The number of rotatable bonds is 2. The fraction of sp³-hybridized carbons (Fsp3) is 0.417. The molecule has 1 aromatic carbocycles. The van der Waals surface area contributed by atoms with Crippen LogP contribution in [0.2, 0.25) is 5.02 Å². The van der Waals surface area contributed by atoms with Gasteiger partial charge in [-0.3, -0.25) is 4.79 Å². The molecule has 0 aliphatic carbocycles. The van der Waals surface area contributed by atoms with Gasteiger partial charge in [-0.1, -0.05) is 11.6 Å². The maximum absolute atomic E-state index is 11.9. The molecule has 0 bridgehead atoms. The second-order valence-corrected chi connectivity index (χ2v) is 4.48. The van der Waals surface area contributed by atoms with Crippen LogP contribution in [0.5, 0.6) is 5.75 Å². The van der Waals surface area contributed by atoms with Gasteiger partial charge in [-0.05, 0) is 25.0 Å². The smallest absolute Gasteiger partial charge is 0.229 e. The highest BCUT2D eigenvalue weighted by Gasteiger charge is 2.21. The fourth-order valence-electron chi connectivity index (χ4n) is 1.78. The largest absolute Gasteiger partial charge is 0.506 e. The highest BCUT2D eigenvalue weighted by atomic mass is 35.5. The average Bonchev–Trinajstić information content (AvgIpc) is 2.35. The summed E-state index contributed by atoms with van der Waals surface area (Å²) in [4.78, 5) is 11.9. The predicted molar refractivity (Wildman–Crippen MR) is 65.3 cm³/mol. The molecule has 1 saturated heterocycles. The summed E-state index contributed by atoms with van der Waals surface area (Å²) in [6.45, 7) is 1.19. The topological polar surface area (TPSA) is 58.6 Å². The molecular weight excluding hydrogens is 242 g/mol. The minimum atomic E-state index is -0.110. The Morgan fingerprint density at radius 3 is 3.00 bits per heavy atom. The van der Waals surface area contributed by atoms with E-state index in [1.54, 1.807) is 12.1 Å². The molecule has 2 rings (SSSR count). The lowest BCUT2D eigenvalue weighted by Crippen LogP contribution is -2.30. The molecule has 1 aliphatic heterocycles. The Morgan fingerprint density at radius 1 is 1.53 bits per heavy atom. The van der Waals surface area contributed by atoms with Gasteiger partial charge < -0.3 is 15.2 Å². The van der Waals surface area contributed by atoms with Crippen LogP contribution in [0.4, 0.5) is 5.69 Å². The van der Waals surface area contributed by atoms with Crippen molar-refractivity contribution in [3.05, 3.63) is 23.2 Å². The fourth-order valence-corrected chi connectivity index (χ4v) is 1.90. The van der Waals surface area contributed by atoms with Crippen molar-refractivity contribution in [2.75, 3.05) is 18.5 Å². The molecular formula is C12H14ClNO3. The van der Waals surface area contributed by atoms with E-state index in [-0.39, 0.29) is 22.6 Å². The second kappa shape index (κ2) is 5.38. The lowest BCUT2D eigenvalue weighted by molar-refractivity contribution is -0.123. The van der Waals surface area contributed by atoms with Crippen LogP contribution in [-0.4, -0.2) is 24.2 Å². The van der Waals surface area contributed by atoms with Gasteiger partial charge in [-0.2, -0.15) is 0 Å². The summed E-state index contributed by atoms with van der Waals surface area (Å²) in [5.41, 5.74) is 0.544. The third kappa shape index (κ3) is 3.11. The first-order chi connectivity index (χ1) is 8.16. The van der Waals surface area contributed by atoms with Gasteiger partial charge in [0.1, 0.15) is 5.75 Å². The normalized spacial score (nSPS) is 19.9. The van der Waals surface area contributed by atoms with Gasteiger partial charge in [0.25, 0.3) is 0 Å². The van der Waals surface area contributed by atoms with Crippen LogP contribution >= 0.6 is 11.6 Å². The monoisotopic (exact) mass is 255 g/mol. The van der Waals surface area contributed by atoms with E-state index in [0.717, 1.165) is 19.4 Å². The Hall–Kier alpha value is -1.26. The summed E-state index contributed by atoms with van der Waals surface area (Å²) in [6.07, 6.45) is 1.75. The third-order valence-corrected chi connectivity index (χ3v) is 3.06. The number of hydrogen-bond donors (Lipinski definition) is 2. The summed E-state index contributed by atoms with van der Waals surface area (Å²) in [7, 11) is 0. The zero-order chi connectivity index (χ0) is 12.3. The SMILES string of the molecule is O=C(Nc1ccc(Cl)c(O)c1)C1CCCOC1. The van der Waals surface area contributed by atoms with E-state index in [0.29, 0.717) is 12.3 Å². The molecule has 1 unspecified atom stereocenters. The highest BCUT2D eigenvalue weighted by molar-refractivity contribution is 6.32. The van der Waals surface area contributed by atoms with Crippen LogP contribution < -0.4 is 5.32 Å². The summed E-state index contributed by atoms with van der Waals surface area (Å²) in [6, 6.07) is 4.64. The molecule has 1 amide bonds. The first kappa shape index (κ1) is 12.2. The Kier molecular flexibility index (Phi) is 3.86. The Labute approximate surface area is 105 Å². The van der Waals surface area contributed by atoms with Gasteiger partial charge in [0.2, 0.25) is 5.91 Å². The van der Waals surface area contributed by atoms with Crippen LogP contribution in [0.1, 0.15) is 12.8 Å². The maximum atomic E-state index is 11.9.